The van der Waals surface area contributed by atoms with Gasteiger partial charge in [-0.15, -0.1) is 0 Å². The molecule has 0 aromatic rings. The predicted octanol–water partition coefficient (Wildman–Crippen LogP) is -1.24. The molecule has 0 saturated carbocycles. The fourth-order valence-electron chi connectivity index (χ4n) is 0. The van der Waals surface area contributed by atoms with Gasteiger partial charge in [0.05, 0.1) is 0 Å². The number of carbonyl (C=O) groups excluding carboxylic acids is 1. The molecule has 0 N–H and O–H groups in total. The maximum absolute atomic E-state index is 8.89. The Labute approximate surface area is 60.2 Å². The minimum Gasteiger partial charge on any atom is -0.550 e. The maximum Gasteiger partial charge on any atom is 3.00 e. The van der Waals surface area contributed by atoms with Crippen molar-refractivity contribution in [1.29, 1.82) is 0 Å². The normalized spacial score (nSPS) is 5.00. The third-order valence-corrected chi connectivity index (χ3v) is 0. The Morgan fingerprint density at radius 2 is 1.80 bits per heavy atom. The zero-order valence-corrected chi connectivity index (χ0v) is 4.55. The van der Waals surface area contributed by atoms with Gasteiger partial charge in [0.1, 0.15) is 0 Å². The summed E-state index contributed by atoms with van der Waals surface area (Å²) in [4.78, 5) is 8.89. The first-order valence-corrected chi connectivity index (χ1v) is 0.908. The molecular weight excluding hydrogens is 221 g/mol. The van der Waals surface area contributed by atoms with Gasteiger partial charge in [0.15, 0.2) is 0 Å². The summed E-state index contributed by atoms with van der Waals surface area (Å²) in [5.74, 6) is -1.08. The number of hydrogen-bond donors (Lipinski definition) is 0. The molecule has 0 aliphatic heterocycles. The van der Waals surface area contributed by atoms with E-state index in [1.807, 2.05) is 0 Å². The van der Waals surface area contributed by atoms with Crippen LogP contribution in [-0.4, -0.2) is 5.97 Å². The molecule has 0 radical (unpaired) electrons. The molecule has 0 aromatic carbocycles. The van der Waals surface area contributed by atoms with Crippen LogP contribution in [0.2, 0.25) is 0 Å². The van der Waals surface area contributed by atoms with Gasteiger partial charge in [-0.1, -0.05) is 0 Å². The fraction of sp³-hybridized carbons (Fsp3) is 0.500. The number of rotatable bonds is 0. The second-order valence-electron chi connectivity index (χ2n) is 0.492. The topological polar surface area (TPSA) is 40.1 Å². The summed E-state index contributed by atoms with van der Waals surface area (Å²) in [6, 6.07) is 0. The van der Waals surface area contributed by atoms with Gasteiger partial charge in [-0.05, 0) is 6.92 Å². The second-order valence-corrected chi connectivity index (χ2v) is 0.492. The predicted molar refractivity (Wildman–Crippen MR) is 10.7 cm³/mol. The van der Waals surface area contributed by atoms with E-state index in [1.165, 1.54) is 0 Å². The zero-order chi connectivity index (χ0) is 3.58. The molecule has 0 aliphatic carbocycles. The van der Waals surface area contributed by atoms with Gasteiger partial charge in [-0.2, -0.15) is 0 Å². The summed E-state index contributed by atoms with van der Waals surface area (Å²) in [5, 5.41) is 8.89. The van der Waals surface area contributed by atoms with E-state index >= 15 is 0 Å². The molecule has 0 saturated heterocycles. The van der Waals surface area contributed by atoms with Crippen LogP contribution in [0, 0.1) is 37.7 Å². The third-order valence-electron chi connectivity index (χ3n) is 0. The molecular formula is C2H3HoO2+2. The van der Waals surface area contributed by atoms with Crippen LogP contribution in [0.25, 0.3) is 0 Å². The molecule has 0 aromatic heterocycles. The summed E-state index contributed by atoms with van der Waals surface area (Å²) in [6.07, 6.45) is 0. The van der Waals surface area contributed by atoms with Crippen LogP contribution in [-0.2, 0) is 4.79 Å². The van der Waals surface area contributed by atoms with Crippen molar-refractivity contribution in [1.82, 2.24) is 0 Å². The molecule has 0 atom stereocenters. The van der Waals surface area contributed by atoms with Crippen molar-refractivity contribution in [3.63, 3.8) is 0 Å². The van der Waals surface area contributed by atoms with Crippen molar-refractivity contribution in [3.8, 4) is 0 Å². The van der Waals surface area contributed by atoms with Crippen LogP contribution in [0.1, 0.15) is 6.92 Å². The number of carbonyl (C=O) groups is 1. The van der Waals surface area contributed by atoms with E-state index in [1.54, 1.807) is 0 Å². The number of carboxylic acid groups (broad SMARTS) is 1. The van der Waals surface area contributed by atoms with Gasteiger partial charge in [-0.3, -0.25) is 0 Å². The van der Waals surface area contributed by atoms with Gasteiger partial charge in [0, 0.05) is 5.97 Å². The van der Waals surface area contributed by atoms with Crippen LogP contribution in [0.3, 0.4) is 0 Å². The van der Waals surface area contributed by atoms with Gasteiger partial charge < -0.3 is 9.90 Å². The van der Waals surface area contributed by atoms with Crippen LogP contribution in [0.5, 0.6) is 0 Å². The molecule has 5 heavy (non-hydrogen) atoms. The summed E-state index contributed by atoms with van der Waals surface area (Å²) in [6.45, 7) is 0.972. The summed E-state index contributed by atoms with van der Waals surface area (Å²) in [7, 11) is 0. The SMILES string of the molecule is CC(=O)[O-].[Ho+3]. The van der Waals surface area contributed by atoms with Crippen molar-refractivity contribution in [2.75, 3.05) is 0 Å². The van der Waals surface area contributed by atoms with Crippen LogP contribution in [0.15, 0.2) is 0 Å². The molecule has 32 valence electrons. The Balaban J connectivity index is 0. The van der Waals surface area contributed by atoms with Crippen LogP contribution < -0.4 is 5.11 Å². The first-order valence-electron chi connectivity index (χ1n) is 0.908. The summed E-state index contributed by atoms with van der Waals surface area (Å²) >= 11 is 0. The van der Waals surface area contributed by atoms with E-state index < -0.39 is 5.97 Å². The van der Waals surface area contributed by atoms with Crippen molar-refractivity contribution in [3.05, 3.63) is 0 Å². The van der Waals surface area contributed by atoms with Crippen LogP contribution in [0.4, 0.5) is 0 Å². The Morgan fingerprint density at radius 3 is 1.80 bits per heavy atom. The first-order chi connectivity index (χ1) is 1.73. The first kappa shape index (κ1) is 9.21. The molecule has 0 heterocycles. The molecule has 2 nitrogen and oxygen atoms in total. The van der Waals surface area contributed by atoms with Gasteiger partial charge in [0.25, 0.3) is 0 Å². The summed E-state index contributed by atoms with van der Waals surface area (Å²) in [5.41, 5.74) is 0. The third kappa shape index (κ3) is 66.2. The fourth-order valence-corrected chi connectivity index (χ4v) is 0. The summed E-state index contributed by atoms with van der Waals surface area (Å²) < 4.78 is 0. The van der Waals surface area contributed by atoms with Crippen molar-refractivity contribution in [2.24, 2.45) is 0 Å². The van der Waals surface area contributed by atoms with E-state index in [-0.39, 0.29) is 37.7 Å². The number of hydrogen-bond acceptors (Lipinski definition) is 2. The number of aliphatic carboxylic acids is 1. The Kier molecular flexibility index (Phi) is 8.72. The molecule has 0 bridgehead atoms. The second kappa shape index (κ2) is 4.73. The number of carboxylic acids is 1. The van der Waals surface area contributed by atoms with E-state index in [4.69, 9.17) is 9.90 Å². The van der Waals surface area contributed by atoms with Gasteiger partial charge >= 0.3 is 37.7 Å². The van der Waals surface area contributed by atoms with E-state index in [9.17, 15) is 0 Å². The minimum absolute atomic E-state index is 0. The molecule has 3 heteroatoms. The quantitative estimate of drug-likeness (QED) is 0.482. The molecule has 0 spiro atoms. The van der Waals surface area contributed by atoms with Crippen molar-refractivity contribution < 1.29 is 47.6 Å². The monoisotopic (exact) mass is 224 g/mol. The van der Waals surface area contributed by atoms with E-state index in [0.29, 0.717) is 0 Å². The van der Waals surface area contributed by atoms with E-state index in [2.05, 4.69) is 0 Å². The molecule has 0 aliphatic rings. The zero-order valence-electron chi connectivity index (χ0n) is 2.62. The maximum atomic E-state index is 8.89. The Morgan fingerprint density at radius 1 is 1.80 bits per heavy atom. The molecule has 0 rings (SSSR count). The minimum atomic E-state index is -1.08. The Bertz CT molecular complexity index is 30.6. The van der Waals surface area contributed by atoms with Gasteiger partial charge in [0.2, 0.25) is 0 Å². The molecule has 0 unspecified atom stereocenters. The van der Waals surface area contributed by atoms with E-state index in [0.717, 1.165) is 6.92 Å². The van der Waals surface area contributed by atoms with Gasteiger partial charge in [-0.25, -0.2) is 0 Å². The standard InChI is InChI=1S/C2H4O2.Ho/c1-2(3)4;/h1H3,(H,3,4);/q;+3/p-1. The van der Waals surface area contributed by atoms with Crippen LogP contribution >= 0.6 is 0 Å². The smallest absolute Gasteiger partial charge is 0.550 e. The Hall–Kier alpha value is 0.730. The van der Waals surface area contributed by atoms with Crippen molar-refractivity contribution >= 4 is 5.97 Å². The van der Waals surface area contributed by atoms with Crippen molar-refractivity contribution in [2.45, 2.75) is 6.92 Å². The average Bonchev–Trinajstić information content (AvgIpc) is 0.811. The molecule has 0 amide bonds. The average molecular weight is 224 g/mol. The largest absolute Gasteiger partial charge is 3.00 e. The molecule has 0 fully saturated rings.